The van der Waals surface area contributed by atoms with Gasteiger partial charge in [0.15, 0.2) is 6.61 Å². The van der Waals surface area contributed by atoms with E-state index in [0.29, 0.717) is 17.4 Å². The van der Waals surface area contributed by atoms with Crippen molar-refractivity contribution in [2.24, 2.45) is 0 Å². The average molecular weight is 355 g/mol. The van der Waals surface area contributed by atoms with Crippen LogP contribution in [0.15, 0.2) is 53.4 Å². The largest absolute Gasteiger partial charge is 0.452 e. The molecule has 0 aliphatic carbocycles. The molecule has 130 valence electrons. The molecule has 0 radical (unpaired) electrons. The highest BCUT2D eigenvalue weighted by Gasteiger charge is 2.24. The van der Waals surface area contributed by atoms with E-state index in [-0.39, 0.29) is 12.5 Å². The molecule has 5 heteroatoms. The van der Waals surface area contributed by atoms with Crippen LogP contribution >= 0.6 is 11.8 Å². The molecule has 4 nitrogen and oxygen atoms in total. The van der Waals surface area contributed by atoms with Gasteiger partial charge in [-0.25, -0.2) is 4.79 Å². The molecule has 1 amide bonds. The van der Waals surface area contributed by atoms with Gasteiger partial charge in [0.25, 0.3) is 5.91 Å². The molecule has 1 atom stereocenters. The summed E-state index contributed by atoms with van der Waals surface area (Å²) in [5.41, 5.74) is 2.42. The summed E-state index contributed by atoms with van der Waals surface area (Å²) in [5, 5.41) is 0.439. The number of para-hydroxylation sites is 1. The number of nitrogens with zero attached hydrogens (tertiary/aromatic N) is 1. The van der Waals surface area contributed by atoms with Gasteiger partial charge in [0.2, 0.25) is 0 Å². The van der Waals surface area contributed by atoms with Gasteiger partial charge in [-0.3, -0.25) is 4.79 Å². The number of aryl methyl sites for hydroxylation is 1. The normalized spacial score (nSPS) is 16.7. The standard InChI is InChI=1S/C20H21NO3S/c1-14-7-9-16(10-8-14)20(23)24-13-19(22)21-12-11-15(2)25-18-6-4-3-5-17(18)21/h3-10,15H,11-13H2,1-2H3. The minimum absolute atomic E-state index is 0.192. The number of amides is 1. The SMILES string of the molecule is Cc1ccc(C(=O)OCC(=O)N2CCC(C)Sc3ccccc32)cc1. The molecule has 0 fully saturated rings. The second kappa shape index (κ2) is 7.74. The van der Waals surface area contributed by atoms with Crippen LogP contribution in [0.2, 0.25) is 0 Å². The lowest BCUT2D eigenvalue weighted by Crippen LogP contribution is -2.35. The van der Waals surface area contributed by atoms with E-state index in [4.69, 9.17) is 4.74 Å². The highest BCUT2D eigenvalue weighted by Crippen LogP contribution is 2.37. The first-order chi connectivity index (χ1) is 12.0. The fraction of sp³-hybridized carbons (Fsp3) is 0.300. The monoisotopic (exact) mass is 355 g/mol. The molecule has 0 saturated carbocycles. The second-order valence-corrected chi connectivity index (χ2v) is 7.65. The Morgan fingerprint density at radius 1 is 1.16 bits per heavy atom. The first-order valence-corrected chi connectivity index (χ1v) is 9.22. The summed E-state index contributed by atoms with van der Waals surface area (Å²) in [4.78, 5) is 27.6. The molecule has 2 aromatic carbocycles. The Bertz CT molecular complexity index is 773. The Morgan fingerprint density at radius 3 is 2.64 bits per heavy atom. The zero-order valence-corrected chi connectivity index (χ0v) is 15.2. The van der Waals surface area contributed by atoms with Gasteiger partial charge < -0.3 is 9.64 Å². The third kappa shape index (κ3) is 4.23. The van der Waals surface area contributed by atoms with Gasteiger partial charge in [-0.15, -0.1) is 11.8 Å². The van der Waals surface area contributed by atoms with Crippen LogP contribution in [0.5, 0.6) is 0 Å². The Morgan fingerprint density at radius 2 is 1.88 bits per heavy atom. The minimum atomic E-state index is -0.473. The summed E-state index contributed by atoms with van der Waals surface area (Å²) < 4.78 is 5.23. The summed E-state index contributed by atoms with van der Waals surface area (Å²) in [7, 11) is 0. The molecule has 0 spiro atoms. The Labute approximate surface area is 152 Å². The van der Waals surface area contributed by atoms with Crippen LogP contribution < -0.4 is 4.90 Å². The molecule has 0 aromatic heterocycles. The number of thioether (sulfide) groups is 1. The van der Waals surface area contributed by atoms with Crippen LogP contribution in [0.4, 0.5) is 5.69 Å². The van der Waals surface area contributed by atoms with Crippen molar-refractivity contribution in [2.45, 2.75) is 30.4 Å². The van der Waals surface area contributed by atoms with Crippen molar-refractivity contribution >= 4 is 29.3 Å². The predicted octanol–water partition coefficient (Wildman–Crippen LogP) is 4.07. The molecule has 1 unspecified atom stereocenters. The number of carbonyl (C=O) groups excluding carboxylic acids is 2. The quantitative estimate of drug-likeness (QED) is 0.779. The first-order valence-electron chi connectivity index (χ1n) is 8.34. The number of hydrogen-bond acceptors (Lipinski definition) is 4. The highest BCUT2D eigenvalue weighted by molar-refractivity contribution is 8.00. The topological polar surface area (TPSA) is 46.6 Å². The molecule has 2 aromatic rings. The van der Waals surface area contributed by atoms with Crippen molar-refractivity contribution in [1.29, 1.82) is 0 Å². The molecule has 25 heavy (non-hydrogen) atoms. The van der Waals surface area contributed by atoms with Gasteiger partial charge in [-0.05, 0) is 37.6 Å². The summed E-state index contributed by atoms with van der Waals surface area (Å²) in [5.74, 6) is -0.665. The molecule has 1 aliphatic rings. The van der Waals surface area contributed by atoms with Gasteiger partial charge in [-0.2, -0.15) is 0 Å². The van der Waals surface area contributed by atoms with Gasteiger partial charge in [-0.1, -0.05) is 36.8 Å². The Kier molecular flexibility index (Phi) is 5.43. The van der Waals surface area contributed by atoms with E-state index in [1.807, 2.05) is 43.3 Å². The van der Waals surface area contributed by atoms with Crippen molar-refractivity contribution in [1.82, 2.24) is 0 Å². The maximum atomic E-state index is 12.6. The van der Waals surface area contributed by atoms with Crippen LogP contribution in [0, 0.1) is 6.92 Å². The molecule has 1 heterocycles. The summed E-state index contributed by atoms with van der Waals surface area (Å²) in [6.07, 6.45) is 0.900. The lowest BCUT2D eigenvalue weighted by Gasteiger charge is -2.22. The van der Waals surface area contributed by atoms with Crippen LogP contribution in [0.25, 0.3) is 0 Å². The smallest absolute Gasteiger partial charge is 0.338 e. The van der Waals surface area contributed by atoms with E-state index in [1.54, 1.807) is 28.8 Å². The number of carbonyl (C=O) groups is 2. The maximum Gasteiger partial charge on any atom is 0.338 e. The molecular weight excluding hydrogens is 334 g/mol. The molecule has 0 saturated heterocycles. The highest BCUT2D eigenvalue weighted by atomic mass is 32.2. The van der Waals surface area contributed by atoms with Crippen molar-refractivity contribution in [3.63, 3.8) is 0 Å². The van der Waals surface area contributed by atoms with Gasteiger partial charge >= 0.3 is 5.97 Å². The third-order valence-corrected chi connectivity index (χ3v) is 5.40. The van der Waals surface area contributed by atoms with Gasteiger partial charge in [0.1, 0.15) is 0 Å². The van der Waals surface area contributed by atoms with Crippen molar-refractivity contribution < 1.29 is 14.3 Å². The van der Waals surface area contributed by atoms with Crippen molar-refractivity contribution in [3.8, 4) is 0 Å². The van der Waals surface area contributed by atoms with Gasteiger partial charge in [0, 0.05) is 16.7 Å². The lowest BCUT2D eigenvalue weighted by atomic mass is 10.1. The molecule has 0 bridgehead atoms. The number of anilines is 1. The number of benzene rings is 2. The van der Waals surface area contributed by atoms with Crippen molar-refractivity contribution in [2.75, 3.05) is 18.1 Å². The van der Waals surface area contributed by atoms with Crippen LogP contribution in [-0.2, 0) is 9.53 Å². The van der Waals surface area contributed by atoms with Crippen LogP contribution in [0.1, 0.15) is 29.3 Å². The molecule has 0 N–H and O–H groups in total. The molecule has 3 rings (SSSR count). The van der Waals surface area contributed by atoms with Gasteiger partial charge in [0.05, 0.1) is 11.3 Å². The minimum Gasteiger partial charge on any atom is -0.452 e. The first kappa shape index (κ1) is 17.5. The van der Waals surface area contributed by atoms with E-state index in [9.17, 15) is 9.59 Å². The number of fused-ring (bicyclic) bond motifs is 1. The summed E-state index contributed by atoms with van der Waals surface area (Å²) in [6, 6.07) is 15.0. The average Bonchev–Trinajstić information content (AvgIpc) is 2.78. The van der Waals surface area contributed by atoms with E-state index < -0.39 is 5.97 Å². The zero-order chi connectivity index (χ0) is 17.8. The van der Waals surface area contributed by atoms with Crippen molar-refractivity contribution in [3.05, 3.63) is 59.7 Å². The number of ether oxygens (including phenoxy) is 1. The Hall–Kier alpha value is -2.27. The fourth-order valence-corrected chi connectivity index (χ4v) is 3.84. The summed E-state index contributed by atoms with van der Waals surface area (Å²) in [6.45, 7) is 4.49. The number of hydrogen-bond donors (Lipinski definition) is 0. The lowest BCUT2D eigenvalue weighted by molar-refractivity contribution is -0.121. The third-order valence-electron chi connectivity index (χ3n) is 4.16. The number of rotatable bonds is 3. The molecule has 1 aliphatic heterocycles. The fourth-order valence-electron chi connectivity index (χ4n) is 2.72. The molecular formula is C20H21NO3S. The van der Waals surface area contributed by atoms with E-state index in [1.165, 1.54) is 0 Å². The maximum absolute atomic E-state index is 12.6. The van der Waals surface area contributed by atoms with E-state index in [2.05, 4.69) is 6.92 Å². The van der Waals surface area contributed by atoms with Crippen LogP contribution in [0.3, 0.4) is 0 Å². The predicted molar refractivity (Wildman–Crippen MR) is 100 cm³/mol. The number of esters is 1. The Balaban J connectivity index is 1.68. The van der Waals surface area contributed by atoms with E-state index >= 15 is 0 Å². The second-order valence-electron chi connectivity index (χ2n) is 6.17. The zero-order valence-electron chi connectivity index (χ0n) is 14.4. The summed E-state index contributed by atoms with van der Waals surface area (Å²) >= 11 is 1.77. The van der Waals surface area contributed by atoms with Crippen LogP contribution in [-0.4, -0.2) is 30.3 Å². The van der Waals surface area contributed by atoms with E-state index in [0.717, 1.165) is 22.6 Å².